The number of methoxy groups -OCH3 is 1. The number of esters is 1. The summed E-state index contributed by atoms with van der Waals surface area (Å²) in [5.74, 6) is -0.985. The van der Waals surface area contributed by atoms with E-state index in [9.17, 15) is 19.7 Å². The van der Waals surface area contributed by atoms with Crippen LogP contribution in [0.3, 0.4) is 0 Å². The Morgan fingerprint density at radius 3 is 2.48 bits per heavy atom. The molecule has 1 aliphatic heterocycles. The summed E-state index contributed by atoms with van der Waals surface area (Å²) in [6, 6.07) is 3.99. The van der Waals surface area contributed by atoms with Crippen molar-refractivity contribution in [3.05, 3.63) is 33.9 Å². The largest absolute Gasteiger partial charge is 0.490 e. The van der Waals surface area contributed by atoms with Crippen LogP contribution in [0.5, 0.6) is 5.75 Å². The number of nitro benzene ring substituents is 1. The molecule has 1 amide bonds. The molecule has 136 valence electrons. The molecule has 8 heteroatoms. The standard InChI is InChI=1S/C17H22N2O6/c1-11-5-4-6-12(2)18(11)16(20)10-25-17(21)13-7-8-15(24-3)14(9-13)19(22)23/h7-9,11-12H,4-6,10H2,1-3H3/t11-,12-/m0/s1. The summed E-state index contributed by atoms with van der Waals surface area (Å²) in [7, 11) is 1.31. The van der Waals surface area contributed by atoms with Crippen LogP contribution in [0, 0.1) is 10.1 Å². The van der Waals surface area contributed by atoms with Gasteiger partial charge in [0.15, 0.2) is 12.4 Å². The van der Waals surface area contributed by atoms with E-state index in [1.54, 1.807) is 4.90 Å². The van der Waals surface area contributed by atoms with E-state index >= 15 is 0 Å². The number of amides is 1. The predicted octanol–water partition coefficient (Wildman–Crippen LogP) is 2.55. The second-order valence-corrected chi connectivity index (χ2v) is 6.15. The van der Waals surface area contributed by atoms with Crippen molar-refractivity contribution in [2.24, 2.45) is 0 Å². The van der Waals surface area contributed by atoms with Gasteiger partial charge < -0.3 is 14.4 Å². The first kappa shape index (κ1) is 18.7. The zero-order chi connectivity index (χ0) is 18.6. The smallest absolute Gasteiger partial charge is 0.338 e. The quantitative estimate of drug-likeness (QED) is 0.460. The second kappa shape index (κ2) is 7.96. The highest BCUT2D eigenvalue weighted by molar-refractivity contribution is 5.92. The number of hydrogen-bond acceptors (Lipinski definition) is 6. The van der Waals surface area contributed by atoms with Crippen molar-refractivity contribution in [3.8, 4) is 5.75 Å². The molecule has 1 fully saturated rings. The number of carbonyl (C=O) groups excluding carboxylic acids is 2. The lowest BCUT2D eigenvalue weighted by atomic mass is 9.97. The summed E-state index contributed by atoms with van der Waals surface area (Å²) in [4.78, 5) is 36.6. The molecule has 1 aliphatic rings. The van der Waals surface area contributed by atoms with Gasteiger partial charge in [-0.2, -0.15) is 0 Å². The number of rotatable bonds is 5. The average molecular weight is 350 g/mol. The average Bonchev–Trinajstić information content (AvgIpc) is 2.58. The molecule has 8 nitrogen and oxygen atoms in total. The maximum Gasteiger partial charge on any atom is 0.338 e. The number of likely N-dealkylation sites (tertiary alicyclic amines) is 1. The Bertz CT molecular complexity index is 665. The molecule has 0 aromatic heterocycles. The molecule has 0 N–H and O–H groups in total. The van der Waals surface area contributed by atoms with Crippen LogP contribution in [0.4, 0.5) is 5.69 Å². The van der Waals surface area contributed by atoms with Gasteiger partial charge in [0.2, 0.25) is 0 Å². The number of carbonyl (C=O) groups is 2. The van der Waals surface area contributed by atoms with Gasteiger partial charge in [0, 0.05) is 18.2 Å². The molecule has 25 heavy (non-hydrogen) atoms. The van der Waals surface area contributed by atoms with Gasteiger partial charge >= 0.3 is 11.7 Å². The van der Waals surface area contributed by atoms with Gasteiger partial charge in [0.05, 0.1) is 17.6 Å². The summed E-state index contributed by atoms with van der Waals surface area (Å²) in [5, 5.41) is 11.0. The fourth-order valence-corrected chi connectivity index (χ4v) is 3.16. The molecule has 0 unspecified atom stereocenters. The highest BCUT2D eigenvalue weighted by Gasteiger charge is 2.29. The molecule has 1 aromatic rings. The summed E-state index contributed by atoms with van der Waals surface area (Å²) < 4.78 is 9.94. The zero-order valence-corrected chi connectivity index (χ0v) is 14.6. The first-order valence-electron chi connectivity index (χ1n) is 8.15. The van der Waals surface area contributed by atoms with Crippen molar-refractivity contribution in [3.63, 3.8) is 0 Å². The Morgan fingerprint density at radius 2 is 1.92 bits per heavy atom. The van der Waals surface area contributed by atoms with E-state index in [-0.39, 0.29) is 41.6 Å². The van der Waals surface area contributed by atoms with Gasteiger partial charge in [-0.25, -0.2) is 4.79 Å². The molecule has 2 rings (SSSR count). The lowest BCUT2D eigenvalue weighted by molar-refractivity contribution is -0.385. The summed E-state index contributed by atoms with van der Waals surface area (Å²) in [6.45, 7) is 3.57. The van der Waals surface area contributed by atoms with Crippen molar-refractivity contribution in [1.29, 1.82) is 0 Å². The molecule has 0 spiro atoms. The van der Waals surface area contributed by atoms with Crippen molar-refractivity contribution in [2.45, 2.75) is 45.2 Å². The van der Waals surface area contributed by atoms with Crippen molar-refractivity contribution in [1.82, 2.24) is 4.90 Å². The van der Waals surface area contributed by atoms with Crippen LogP contribution in [0.25, 0.3) is 0 Å². The minimum absolute atomic E-state index is 0.0000381. The number of nitro groups is 1. The third-order valence-corrected chi connectivity index (χ3v) is 4.42. The summed E-state index contributed by atoms with van der Waals surface area (Å²) >= 11 is 0. The maximum absolute atomic E-state index is 12.4. The Balaban J connectivity index is 2.03. The van der Waals surface area contributed by atoms with Gasteiger partial charge in [0.25, 0.3) is 5.91 Å². The van der Waals surface area contributed by atoms with E-state index in [1.165, 1.54) is 19.2 Å². The molecule has 0 bridgehead atoms. The molecule has 1 saturated heterocycles. The van der Waals surface area contributed by atoms with Gasteiger partial charge in [-0.3, -0.25) is 14.9 Å². The summed E-state index contributed by atoms with van der Waals surface area (Å²) in [6.07, 6.45) is 2.92. The van der Waals surface area contributed by atoms with Gasteiger partial charge in [0.1, 0.15) is 0 Å². The van der Waals surface area contributed by atoms with E-state index in [1.807, 2.05) is 13.8 Å². The molecule has 1 aromatic carbocycles. The zero-order valence-electron chi connectivity index (χ0n) is 14.6. The van der Waals surface area contributed by atoms with E-state index in [4.69, 9.17) is 9.47 Å². The molecule has 1 heterocycles. The highest BCUT2D eigenvalue weighted by Crippen LogP contribution is 2.28. The van der Waals surface area contributed by atoms with Gasteiger partial charge in [-0.05, 0) is 45.2 Å². The minimum atomic E-state index is -0.781. The van der Waals surface area contributed by atoms with E-state index in [0.717, 1.165) is 25.3 Å². The van der Waals surface area contributed by atoms with Crippen LogP contribution in [-0.2, 0) is 9.53 Å². The maximum atomic E-state index is 12.4. The monoisotopic (exact) mass is 350 g/mol. The topological polar surface area (TPSA) is 99.0 Å². The van der Waals surface area contributed by atoms with E-state index < -0.39 is 10.9 Å². The highest BCUT2D eigenvalue weighted by atomic mass is 16.6. The molecule has 0 radical (unpaired) electrons. The fraction of sp³-hybridized carbons (Fsp3) is 0.529. The van der Waals surface area contributed by atoms with Crippen molar-refractivity contribution in [2.75, 3.05) is 13.7 Å². The van der Waals surface area contributed by atoms with Crippen LogP contribution < -0.4 is 4.74 Å². The normalized spacial score (nSPS) is 20.0. The first-order valence-corrected chi connectivity index (χ1v) is 8.15. The number of benzene rings is 1. The van der Waals surface area contributed by atoms with E-state index in [2.05, 4.69) is 0 Å². The molecule has 0 aliphatic carbocycles. The number of ether oxygens (including phenoxy) is 2. The van der Waals surface area contributed by atoms with Gasteiger partial charge in [-0.15, -0.1) is 0 Å². The third-order valence-electron chi connectivity index (χ3n) is 4.42. The predicted molar refractivity (Wildman–Crippen MR) is 89.6 cm³/mol. The van der Waals surface area contributed by atoms with Crippen LogP contribution in [0.1, 0.15) is 43.5 Å². The van der Waals surface area contributed by atoms with E-state index in [0.29, 0.717) is 0 Å². The SMILES string of the molecule is COc1ccc(C(=O)OCC(=O)N2[C@@H](C)CCC[C@@H]2C)cc1[N+](=O)[O-]. The van der Waals surface area contributed by atoms with Crippen LogP contribution in [-0.4, -0.2) is 47.5 Å². The van der Waals surface area contributed by atoms with Crippen molar-refractivity contribution >= 4 is 17.6 Å². The minimum Gasteiger partial charge on any atom is -0.490 e. The first-order chi connectivity index (χ1) is 11.8. The summed E-state index contributed by atoms with van der Waals surface area (Å²) in [5.41, 5.74) is -0.332. The Hall–Kier alpha value is -2.64. The van der Waals surface area contributed by atoms with Crippen molar-refractivity contribution < 1.29 is 24.0 Å². The van der Waals surface area contributed by atoms with Crippen LogP contribution in [0.15, 0.2) is 18.2 Å². The van der Waals surface area contributed by atoms with Crippen LogP contribution >= 0.6 is 0 Å². The Morgan fingerprint density at radius 1 is 1.28 bits per heavy atom. The fourth-order valence-electron chi connectivity index (χ4n) is 3.16. The number of hydrogen-bond donors (Lipinski definition) is 0. The molecule has 2 atom stereocenters. The third kappa shape index (κ3) is 4.26. The Kier molecular flexibility index (Phi) is 5.95. The molecule has 0 saturated carbocycles. The number of nitrogens with zero attached hydrogens (tertiary/aromatic N) is 2. The Labute approximate surface area is 145 Å². The van der Waals surface area contributed by atoms with Crippen LogP contribution in [0.2, 0.25) is 0 Å². The van der Waals surface area contributed by atoms with Gasteiger partial charge in [-0.1, -0.05) is 0 Å². The second-order valence-electron chi connectivity index (χ2n) is 6.15. The molecular weight excluding hydrogens is 328 g/mol. The lowest BCUT2D eigenvalue weighted by Crippen LogP contribution is -2.49. The molecular formula is C17H22N2O6. The number of piperidine rings is 1. The lowest BCUT2D eigenvalue weighted by Gasteiger charge is -2.38.